The van der Waals surface area contributed by atoms with Crippen molar-refractivity contribution in [2.24, 2.45) is 0 Å². The van der Waals surface area contributed by atoms with Gasteiger partial charge in [-0.2, -0.15) is 0 Å². The van der Waals surface area contributed by atoms with E-state index < -0.39 is 0 Å². The third-order valence-electron chi connectivity index (χ3n) is 5.11. The Morgan fingerprint density at radius 3 is 2.32 bits per heavy atom. The number of halogens is 1. The molecule has 1 aliphatic carbocycles. The monoisotopic (exact) mass is 348 g/mol. The second-order valence-corrected chi connectivity index (χ2v) is 7.22. The Hall–Kier alpha value is -2.25. The molecule has 0 N–H and O–H groups in total. The van der Waals surface area contributed by atoms with E-state index in [0.29, 0.717) is 5.92 Å². The average Bonchev–Trinajstić information content (AvgIpc) is 3.24. The minimum Gasteiger partial charge on any atom is -0.473 e. The van der Waals surface area contributed by atoms with E-state index in [4.69, 9.17) is 11.6 Å². The summed E-state index contributed by atoms with van der Waals surface area (Å²) in [6.07, 6.45) is 5.53. The summed E-state index contributed by atoms with van der Waals surface area (Å²) in [5, 5.41) is 5.58. The number of alkyl halides is 1. The smallest absolute Gasteiger partial charge is 0.0902 e. The first-order valence-electron chi connectivity index (χ1n) is 8.81. The van der Waals surface area contributed by atoms with E-state index in [0.717, 1.165) is 6.42 Å². The second kappa shape index (κ2) is 6.93. The molecule has 25 heavy (non-hydrogen) atoms. The van der Waals surface area contributed by atoms with Crippen LogP contribution in [0, 0.1) is 0 Å². The Morgan fingerprint density at radius 2 is 1.56 bits per heavy atom. The maximum absolute atomic E-state index is 6.53. The van der Waals surface area contributed by atoms with Crippen LogP contribution in [0.3, 0.4) is 0 Å². The van der Waals surface area contributed by atoms with E-state index in [9.17, 15) is 0 Å². The third kappa shape index (κ3) is 3.05. The molecule has 3 aromatic carbocycles. The molecule has 4 aromatic rings. The molecule has 0 radical (unpaired) electrons. The van der Waals surface area contributed by atoms with Crippen LogP contribution in [0.4, 0.5) is 0 Å². The number of hydrogen-bond donors (Lipinski definition) is 0. The minimum absolute atomic E-state index is 0.178. The van der Waals surface area contributed by atoms with Crippen molar-refractivity contribution in [1.29, 1.82) is 0 Å². The summed E-state index contributed by atoms with van der Waals surface area (Å²) in [5.74, 6) is 0.602. The average molecular weight is 349 g/mol. The summed E-state index contributed by atoms with van der Waals surface area (Å²) >= 11 is 6.53. The Morgan fingerprint density at radius 1 is 0.800 bits per heavy atom. The second-order valence-electron chi connectivity index (χ2n) is 6.69. The SMILES string of the molecule is CC1CCC(Cl)c2ccc3c(ccc4ccccc43)c21.c1ccoc1. The molecular weight excluding hydrogens is 328 g/mol. The van der Waals surface area contributed by atoms with E-state index in [2.05, 4.69) is 59.9 Å². The summed E-state index contributed by atoms with van der Waals surface area (Å²) in [6.45, 7) is 2.33. The first-order valence-corrected chi connectivity index (χ1v) is 9.25. The van der Waals surface area contributed by atoms with Gasteiger partial charge < -0.3 is 4.42 Å². The lowest BCUT2D eigenvalue weighted by Crippen LogP contribution is -2.09. The number of benzene rings is 3. The van der Waals surface area contributed by atoms with Crippen molar-refractivity contribution in [3.05, 3.63) is 84.3 Å². The Bertz CT molecular complexity index is 971. The van der Waals surface area contributed by atoms with Crippen molar-refractivity contribution in [1.82, 2.24) is 0 Å². The number of rotatable bonds is 0. The fraction of sp³-hybridized carbons (Fsp3) is 0.217. The van der Waals surface area contributed by atoms with Crippen molar-refractivity contribution >= 4 is 33.1 Å². The molecule has 126 valence electrons. The molecule has 1 aromatic heterocycles. The van der Waals surface area contributed by atoms with Gasteiger partial charge in [0.15, 0.2) is 0 Å². The van der Waals surface area contributed by atoms with Gasteiger partial charge in [0.1, 0.15) is 0 Å². The van der Waals surface area contributed by atoms with Gasteiger partial charge in [0.05, 0.1) is 17.9 Å². The molecule has 1 aliphatic rings. The summed E-state index contributed by atoms with van der Waals surface area (Å²) in [6, 6.07) is 21.3. The fourth-order valence-corrected chi connectivity index (χ4v) is 4.19. The third-order valence-corrected chi connectivity index (χ3v) is 5.56. The summed E-state index contributed by atoms with van der Waals surface area (Å²) < 4.78 is 4.58. The van der Waals surface area contributed by atoms with Crippen molar-refractivity contribution in [3.63, 3.8) is 0 Å². The highest BCUT2D eigenvalue weighted by atomic mass is 35.5. The largest absolute Gasteiger partial charge is 0.473 e. The van der Waals surface area contributed by atoms with Gasteiger partial charge in [-0.3, -0.25) is 0 Å². The maximum Gasteiger partial charge on any atom is 0.0902 e. The molecule has 2 atom stereocenters. The molecule has 5 rings (SSSR count). The molecule has 1 nitrogen and oxygen atoms in total. The number of furan rings is 1. The zero-order valence-electron chi connectivity index (χ0n) is 14.3. The van der Waals surface area contributed by atoms with Crippen LogP contribution in [-0.4, -0.2) is 0 Å². The van der Waals surface area contributed by atoms with E-state index in [-0.39, 0.29) is 5.38 Å². The molecule has 0 fully saturated rings. The first-order chi connectivity index (χ1) is 12.3. The molecule has 0 saturated carbocycles. The normalized spacial score (nSPS) is 19.3. The highest BCUT2D eigenvalue weighted by Crippen LogP contribution is 2.44. The van der Waals surface area contributed by atoms with Crippen LogP contribution < -0.4 is 0 Å². The quantitative estimate of drug-likeness (QED) is 0.237. The Balaban J connectivity index is 0.000000272. The van der Waals surface area contributed by atoms with Crippen molar-refractivity contribution in [2.75, 3.05) is 0 Å². The number of hydrogen-bond acceptors (Lipinski definition) is 1. The van der Waals surface area contributed by atoms with E-state index in [1.165, 1.54) is 39.1 Å². The van der Waals surface area contributed by atoms with Gasteiger partial charge >= 0.3 is 0 Å². The lowest BCUT2D eigenvalue weighted by molar-refractivity contribution is 0.567. The lowest BCUT2D eigenvalue weighted by atomic mass is 9.80. The molecule has 0 amide bonds. The predicted octanol–water partition coefficient (Wildman–Crippen LogP) is 7.45. The van der Waals surface area contributed by atoms with Gasteiger partial charge in [-0.25, -0.2) is 0 Å². The van der Waals surface area contributed by atoms with Crippen LogP contribution in [0.15, 0.2) is 77.6 Å². The molecular formula is C23H21ClO. The molecule has 2 unspecified atom stereocenters. The highest BCUT2D eigenvalue weighted by Gasteiger charge is 2.25. The molecule has 0 spiro atoms. The standard InChI is InChI=1S/C19H17Cl.C4H4O/c1-12-6-11-18(20)17-10-9-15-14-5-3-2-4-13(14)7-8-16(15)19(12)17;1-2-4-5-3-1/h2-5,7-10,12,18H,6,11H2,1H3;1-4H. The lowest BCUT2D eigenvalue weighted by Gasteiger charge is -2.28. The molecule has 2 heteroatoms. The van der Waals surface area contributed by atoms with E-state index in [1.54, 1.807) is 12.5 Å². The maximum atomic E-state index is 6.53. The van der Waals surface area contributed by atoms with Crippen molar-refractivity contribution in [3.8, 4) is 0 Å². The van der Waals surface area contributed by atoms with Crippen molar-refractivity contribution < 1.29 is 4.42 Å². The Labute approximate surface area is 153 Å². The van der Waals surface area contributed by atoms with Crippen molar-refractivity contribution in [2.45, 2.75) is 31.1 Å². The minimum atomic E-state index is 0.178. The Kier molecular flexibility index (Phi) is 4.50. The summed E-state index contributed by atoms with van der Waals surface area (Å²) in [7, 11) is 0. The molecule has 1 heterocycles. The van der Waals surface area contributed by atoms with Crippen LogP contribution in [0.1, 0.15) is 42.2 Å². The highest BCUT2D eigenvalue weighted by molar-refractivity contribution is 6.21. The van der Waals surface area contributed by atoms with Crippen LogP contribution >= 0.6 is 11.6 Å². The molecule has 0 saturated heterocycles. The summed E-state index contributed by atoms with van der Waals surface area (Å²) in [5.41, 5.74) is 2.81. The number of fused-ring (bicyclic) bond motifs is 5. The van der Waals surface area contributed by atoms with Gasteiger partial charge in [-0.15, -0.1) is 11.6 Å². The zero-order valence-corrected chi connectivity index (χ0v) is 15.0. The topological polar surface area (TPSA) is 13.1 Å². The fourth-order valence-electron chi connectivity index (χ4n) is 3.87. The van der Waals surface area contributed by atoms with Gasteiger partial charge in [0.25, 0.3) is 0 Å². The molecule has 0 aliphatic heterocycles. The van der Waals surface area contributed by atoms with Crippen LogP contribution in [0.25, 0.3) is 21.5 Å². The van der Waals surface area contributed by atoms with Crippen LogP contribution in [0.2, 0.25) is 0 Å². The zero-order chi connectivity index (χ0) is 17.2. The van der Waals surface area contributed by atoms with Crippen LogP contribution in [-0.2, 0) is 0 Å². The van der Waals surface area contributed by atoms with Gasteiger partial charge in [-0.05, 0) is 63.6 Å². The molecule has 0 bridgehead atoms. The van der Waals surface area contributed by atoms with Gasteiger partial charge in [-0.1, -0.05) is 55.5 Å². The van der Waals surface area contributed by atoms with Crippen LogP contribution in [0.5, 0.6) is 0 Å². The van der Waals surface area contributed by atoms with Gasteiger partial charge in [0, 0.05) is 0 Å². The first kappa shape index (κ1) is 16.2. The predicted molar refractivity (Wildman–Crippen MR) is 106 cm³/mol. The summed E-state index contributed by atoms with van der Waals surface area (Å²) in [4.78, 5) is 0. The van der Waals surface area contributed by atoms with Gasteiger partial charge in [0.2, 0.25) is 0 Å². The van der Waals surface area contributed by atoms with E-state index >= 15 is 0 Å². The van der Waals surface area contributed by atoms with E-state index in [1.807, 2.05) is 12.1 Å².